The van der Waals surface area contributed by atoms with Crippen molar-refractivity contribution in [2.45, 2.75) is 26.2 Å². The third kappa shape index (κ3) is 2.75. The van der Waals surface area contributed by atoms with E-state index in [1.54, 1.807) is 14.2 Å². The van der Waals surface area contributed by atoms with Gasteiger partial charge in [-0.3, -0.25) is 0 Å². The Kier molecular flexibility index (Phi) is 4.83. The first kappa shape index (κ1) is 12.6. The minimum atomic E-state index is 0.505. The van der Waals surface area contributed by atoms with Crippen molar-refractivity contribution in [3.05, 3.63) is 23.3 Å². The van der Waals surface area contributed by atoms with Gasteiger partial charge in [0.1, 0.15) is 17.8 Å². The van der Waals surface area contributed by atoms with Crippen LogP contribution in [0.5, 0.6) is 11.5 Å². The summed E-state index contributed by atoms with van der Waals surface area (Å²) in [7, 11) is 3.30. The van der Waals surface area contributed by atoms with Gasteiger partial charge >= 0.3 is 0 Å². The molecule has 0 saturated heterocycles. The number of hydrogen-bond donors (Lipinski definition) is 0. The normalized spacial score (nSPS) is 9.94. The average molecular weight is 222 g/mol. The van der Waals surface area contributed by atoms with Gasteiger partial charge < -0.3 is 14.3 Å². The molecule has 0 aliphatic rings. The molecule has 0 radical (unpaired) electrons. The lowest BCUT2D eigenvalue weighted by Crippen LogP contribution is -1.98. The molecule has 3 nitrogen and oxygen atoms in total. The zero-order valence-corrected chi connectivity index (χ0v) is 10.1. The Hall–Kier alpha value is -1.51. The van der Waals surface area contributed by atoms with Crippen molar-refractivity contribution in [3.8, 4) is 11.5 Å². The Morgan fingerprint density at radius 2 is 1.69 bits per heavy atom. The van der Waals surface area contributed by atoms with Crippen molar-refractivity contribution in [1.82, 2.24) is 0 Å². The smallest absolute Gasteiger partial charge is 0.122 e. The molecule has 1 aromatic carbocycles. The standard InChI is InChI=1S/C13H18O3/c1-4-10-8-13(16-3)11(6-5-7-14)9-12(10)15-2/h7-9H,4-6H2,1-3H3. The van der Waals surface area contributed by atoms with Crippen molar-refractivity contribution in [2.75, 3.05) is 14.2 Å². The summed E-state index contributed by atoms with van der Waals surface area (Å²) in [6, 6.07) is 3.94. The van der Waals surface area contributed by atoms with Gasteiger partial charge in [-0.1, -0.05) is 6.92 Å². The topological polar surface area (TPSA) is 35.5 Å². The van der Waals surface area contributed by atoms with Gasteiger partial charge in [0.25, 0.3) is 0 Å². The summed E-state index contributed by atoms with van der Waals surface area (Å²) >= 11 is 0. The van der Waals surface area contributed by atoms with E-state index in [0.717, 1.165) is 35.3 Å². The number of aryl methyl sites for hydroxylation is 2. The minimum Gasteiger partial charge on any atom is -0.496 e. The molecule has 1 rings (SSSR count). The highest BCUT2D eigenvalue weighted by Crippen LogP contribution is 2.29. The lowest BCUT2D eigenvalue weighted by molar-refractivity contribution is -0.107. The maximum absolute atomic E-state index is 10.4. The zero-order chi connectivity index (χ0) is 12.0. The quantitative estimate of drug-likeness (QED) is 0.693. The van der Waals surface area contributed by atoms with E-state index in [0.29, 0.717) is 12.8 Å². The molecule has 0 unspecified atom stereocenters. The van der Waals surface area contributed by atoms with Crippen LogP contribution in [0, 0.1) is 0 Å². The second kappa shape index (κ2) is 6.16. The minimum absolute atomic E-state index is 0.505. The summed E-state index contributed by atoms with van der Waals surface area (Å²) in [4.78, 5) is 10.4. The van der Waals surface area contributed by atoms with E-state index in [1.807, 2.05) is 12.1 Å². The second-order valence-corrected chi connectivity index (χ2v) is 3.53. The zero-order valence-electron chi connectivity index (χ0n) is 10.1. The third-order valence-electron chi connectivity index (χ3n) is 2.60. The average Bonchev–Trinajstić information content (AvgIpc) is 2.35. The molecule has 3 heteroatoms. The molecule has 0 aliphatic carbocycles. The molecule has 0 fully saturated rings. The van der Waals surface area contributed by atoms with Crippen molar-refractivity contribution in [2.24, 2.45) is 0 Å². The Balaban J connectivity index is 3.09. The van der Waals surface area contributed by atoms with E-state index in [9.17, 15) is 4.79 Å². The van der Waals surface area contributed by atoms with Crippen LogP contribution < -0.4 is 9.47 Å². The first-order chi connectivity index (χ1) is 7.76. The molecule has 0 amide bonds. The summed E-state index contributed by atoms with van der Waals surface area (Å²) in [6.07, 6.45) is 3.01. The van der Waals surface area contributed by atoms with Crippen molar-refractivity contribution in [1.29, 1.82) is 0 Å². The summed E-state index contributed by atoms with van der Waals surface area (Å²) in [6.45, 7) is 2.07. The maximum Gasteiger partial charge on any atom is 0.122 e. The van der Waals surface area contributed by atoms with Crippen LogP contribution in [0.4, 0.5) is 0 Å². The SMILES string of the molecule is CCc1cc(OC)c(CCC=O)cc1OC. The lowest BCUT2D eigenvalue weighted by atomic mass is 10.0. The lowest BCUT2D eigenvalue weighted by Gasteiger charge is -2.13. The molecule has 16 heavy (non-hydrogen) atoms. The van der Waals surface area contributed by atoms with Crippen LogP contribution in [0.1, 0.15) is 24.5 Å². The number of carbonyl (C=O) groups excluding carboxylic acids is 1. The Bertz CT molecular complexity index is 358. The third-order valence-corrected chi connectivity index (χ3v) is 2.60. The maximum atomic E-state index is 10.4. The fourth-order valence-corrected chi connectivity index (χ4v) is 1.71. The van der Waals surface area contributed by atoms with Gasteiger partial charge in [-0.2, -0.15) is 0 Å². The summed E-state index contributed by atoms with van der Waals surface area (Å²) < 4.78 is 10.6. The summed E-state index contributed by atoms with van der Waals surface area (Å²) in [5.41, 5.74) is 2.14. The molecule has 1 aromatic rings. The number of benzene rings is 1. The first-order valence-corrected chi connectivity index (χ1v) is 5.44. The number of carbonyl (C=O) groups is 1. The van der Waals surface area contributed by atoms with Gasteiger partial charge in [0.05, 0.1) is 14.2 Å². The van der Waals surface area contributed by atoms with Crippen LogP contribution in [0.2, 0.25) is 0 Å². The second-order valence-electron chi connectivity index (χ2n) is 3.53. The Morgan fingerprint density at radius 1 is 1.12 bits per heavy atom. The van der Waals surface area contributed by atoms with Crippen molar-refractivity contribution < 1.29 is 14.3 Å². The van der Waals surface area contributed by atoms with Crippen molar-refractivity contribution >= 4 is 6.29 Å². The van der Waals surface area contributed by atoms with Crippen LogP contribution in [-0.2, 0) is 17.6 Å². The predicted molar refractivity (Wildman–Crippen MR) is 63.3 cm³/mol. The highest BCUT2D eigenvalue weighted by molar-refractivity contribution is 5.52. The van der Waals surface area contributed by atoms with E-state index in [2.05, 4.69) is 6.92 Å². The molecule has 0 atom stereocenters. The largest absolute Gasteiger partial charge is 0.496 e. The van der Waals surface area contributed by atoms with Gasteiger partial charge in [-0.15, -0.1) is 0 Å². The van der Waals surface area contributed by atoms with Gasteiger partial charge in [0, 0.05) is 6.42 Å². The molecule has 0 saturated carbocycles. The molecular weight excluding hydrogens is 204 g/mol. The van der Waals surface area contributed by atoms with Crippen LogP contribution in [-0.4, -0.2) is 20.5 Å². The molecular formula is C13H18O3. The monoisotopic (exact) mass is 222 g/mol. The molecule has 0 N–H and O–H groups in total. The number of methoxy groups -OCH3 is 2. The Morgan fingerprint density at radius 3 is 2.19 bits per heavy atom. The van der Waals surface area contributed by atoms with E-state index in [1.165, 1.54) is 0 Å². The van der Waals surface area contributed by atoms with E-state index in [-0.39, 0.29) is 0 Å². The van der Waals surface area contributed by atoms with Crippen LogP contribution in [0.25, 0.3) is 0 Å². The Labute approximate surface area is 96.4 Å². The van der Waals surface area contributed by atoms with Crippen molar-refractivity contribution in [3.63, 3.8) is 0 Å². The molecule has 88 valence electrons. The van der Waals surface area contributed by atoms with Crippen LogP contribution in [0.3, 0.4) is 0 Å². The molecule has 0 heterocycles. The van der Waals surface area contributed by atoms with Gasteiger partial charge in [0.15, 0.2) is 0 Å². The van der Waals surface area contributed by atoms with E-state index in [4.69, 9.17) is 9.47 Å². The van der Waals surface area contributed by atoms with Gasteiger partial charge in [-0.05, 0) is 36.1 Å². The van der Waals surface area contributed by atoms with Crippen LogP contribution >= 0.6 is 0 Å². The van der Waals surface area contributed by atoms with Crippen LogP contribution in [0.15, 0.2) is 12.1 Å². The molecule has 0 bridgehead atoms. The number of rotatable bonds is 6. The number of aldehydes is 1. The molecule has 0 aromatic heterocycles. The summed E-state index contributed by atoms with van der Waals surface area (Å²) in [5.74, 6) is 1.70. The van der Waals surface area contributed by atoms with Gasteiger partial charge in [-0.25, -0.2) is 0 Å². The molecule has 0 aliphatic heterocycles. The summed E-state index contributed by atoms with van der Waals surface area (Å²) in [5, 5.41) is 0. The number of hydrogen-bond acceptors (Lipinski definition) is 3. The van der Waals surface area contributed by atoms with E-state index < -0.39 is 0 Å². The van der Waals surface area contributed by atoms with E-state index >= 15 is 0 Å². The fraction of sp³-hybridized carbons (Fsp3) is 0.462. The predicted octanol–water partition coefficient (Wildman–Crippen LogP) is 2.40. The molecule has 0 spiro atoms. The number of ether oxygens (including phenoxy) is 2. The highest BCUT2D eigenvalue weighted by Gasteiger charge is 2.09. The fourth-order valence-electron chi connectivity index (χ4n) is 1.71. The van der Waals surface area contributed by atoms with Gasteiger partial charge in [0.2, 0.25) is 0 Å². The highest BCUT2D eigenvalue weighted by atomic mass is 16.5. The first-order valence-electron chi connectivity index (χ1n) is 5.44.